The van der Waals surface area contributed by atoms with E-state index in [1.165, 1.54) is 12.1 Å². The molecule has 1 aromatic heterocycles. The Morgan fingerprint density at radius 3 is 2.71 bits per heavy atom. The van der Waals surface area contributed by atoms with Crippen LogP contribution in [0.4, 0.5) is 4.39 Å². The lowest BCUT2D eigenvalue weighted by atomic mass is 10.0. The highest BCUT2D eigenvalue weighted by Crippen LogP contribution is 2.32. The monoisotopic (exact) mass is 330 g/mol. The normalized spacial score (nSPS) is 20.2. The van der Waals surface area contributed by atoms with Gasteiger partial charge < -0.3 is 14.7 Å². The molecule has 6 heteroatoms. The lowest BCUT2D eigenvalue weighted by Gasteiger charge is -2.24. The SMILES string of the molecule is COc1ccc(CC(=O)N2C[C@@H](O)C[C@H]2c2ccc(F)cc2)nc1. The van der Waals surface area contributed by atoms with Gasteiger partial charge >= 0.3 is 0 Å². The van der Waals surface area contributed by atoms with Crippen LogP contribution >= 0.6 is 0 Å². The Hall–Kier alpha value is -2.47. The van der Waals surface area contributed by atoms with Crippen molar-refractivity contribution in [3.05, 3.63) is 59.7 Å². The number of carbonyl (C=O) groups is 1. The molecule has 0 aliphatic carbocycles. The number of methoxy groups -OCH3 is 1. The number of likely N-dealkylation sites (tertiary alicyclic amines) is 1. The third-order valence-electron chi connectivity index (χ3n) is 4.22. The molecule has 5 nitrogen and oxygen atoms in total. The van der Waals surface area contributed by atoms with Crippen molar-refractivity contribution in [2.75, 3.05) is 13.7 Å². The fraction of sp³-hybridized carbons (Fsp3) is 0.333. The first-order valence-electron chi connectivity index (χ1n) is 7.78. The van der Waals surface area contributed by atoms with Gasteiger partial charge in [-0.05, 0) is 36.2 Å². The number of aliphatic hydroxyl groups excluding tert-OH is 1. The second kappa shape index (κ2) is 6.97. The zero-order chi connectivity index (χ0) is 17.1. The van der Waals surface area contributed by atoms with Crippen LogP contribution in [0.3, 0.4) is 0 Å². The van der Waals surface area contributed by atoms with Gasteiger partial charge in [-0.25, -0.2) is 4.39 Å². The minimum atomic E-state index is -0.576. The number of rotatable bonds is 4. The number of hydrogen-bond donors (Lipinski definition) is 1. The summed E-state index contributed by atoms with van der Waals surface area (Å²) in [5, 5.41) is 9.97. The summed E-state index contributed by atoms with van der Waals surface area (Å²) in [4.78, 5) is 18.5. The van der Waals surface area contributed by atoms with Crippen LogP contribution in [0.15, 0.2) is 42.6 Å². The molecule has 1 amide bonds. The summed E-state index contributed by atoms with van der Waals surface area (Å²) >= 11 is 0. The molecule has 0 spiro atoms. The molecule has 1 N–H and O–H groups in total. The van der Waals surface area contributed by atoms with Gasteiger partial charge in [0.25, 0.3) is 0 Å². The predicted octanol–water partition coefficient (Wildman–Crippen LogP) is 2.11. The Labute approximate surface area is 139 Å². The van der Waals surface area contributed by atoms with Crippen molar-refractivity contribution in [3.8, 4) is 5.75 Å². The Kier molecular flexibility index (Phi) is 4.76. The maximum absolute atomic E-state index is 13.1. The zero-order valence-corrected chi connectivity index (χ0v) is 13.4. The molecule has 3 rings (SSSR count). The van der Waals surface area contributed by atoms with Crippen molar-refractivity contribution >= 4 is 5.91 Å². The molecule has 1 saturated heterocycles. The smallest absolute Gasteiger partial charge is 0.229 e. The fourth-order valence-corrected chi connectivity index (χ4v) is 2.98. The van der Waals surface area contributed by atoms with Crippen LogP contribution in [-0.4, -0.2) is 40.7 Å². The van der Waals surface area contributed by atoms with Crippen LogP contribution in [0.2, 0.25) is 0 Å². The summed E-state index contributed by atoms with van der Waals surface area (Å²) in [6.45, 7) is 0.275. The van der Waals surface area contributed by atoms with Gasteiger partial charge in [-0.15, -0.1) is 0 Å². The number of aromatic nitrogens is 1. The zero-order valence-electron chi connectivity index (χ0n) is 13.4. The summed E-state index contributed by atoms with van der Waals surface area (Å²) in [7, 11) is 1.56. The van der Waals surface area contributed by atoms with Crippen molar-refractivity contribution in [3.63, 3.8) is 0 Å². The summed E-state index contributed by atoms with van der Waals surface area (Å²) < 4.78 is 18.2. The Morgan fingerprint density at radius 1 is 1.33 bits per heavy atom. The number of pyridine rings is 1. The molecule has 1 aliphatic heterocycles. The fourth-order valence-electron chi connectivity index (χ4n) is 2.98. The van der Waals surface area contributed by atoms with E-state index < -0.39 is 6.10 Å². The predicted molar refractivity (Wildman–Crippen MR) is 86.0 cm³/mol. The molecule has 0 radical (unpaired) electrons. The molecule has 0 bridgehead atoms. The molecule has 0 unspecified atom stereocenters. The van der Waals surface area contributed by atoms with Crippen molar-refractivity contribution < 1.29 is 19.0 Å². The van der Waals surface area contributed by atoms with Gasteiger partial charge in [0, 0.05) is 12.2 Å². The van der Waals surface area contributed by atoms with Gasteiger partial charge in [0.1, 0.15) is 11.6 Å². The van der Waals surface area contributed by atoms with Crippen molar-refractivity contribution in [2.24, 2.45) is 0 Å². The average molecular weight is 330 g/mol. The first-order valence-corrected chi connectivity index (χ1v) is 7.78. The minimum absolute atomic E-state index is 0.112. The van der Waals surface area contributed by atoms with Crippen LogP contribution < -0.4 is 4.74 Å². The van der Waals surface area contributed by atoms with E-state index in [9.17, 15) is 14.3 Å². The van der Waals surface area contributed by atoms with E-state index in [0.717, 1.165) is 5.56 Å². The molecule has 24 heavy (non-hydrogen) atoms. The first-order chi connectivity index (χ1) is 11.6. The second-order valence-electron chi connectivity index (χ2n) is 5.87. The van der Waals surface area contributed by atoms with E-state index in [0.29, 0.717) is 17.9 Å². The number of hydrogen-bond acceptors (Lipinski definition) is 4. The highest BCUT2D eigenvalue weighted by atomic mass is 19.1. The van der Waals surface area contributed by atoms with Crippen molar-refractivity contribution in [1.29, 1.82) is 0 Å². The molecular weight excluding hydrogens is 311 g/mol. The minimum Gasteiger partial charge on any atom is -0.495 e. The van der Waals surface area contributed by atoms with Crippen molar-refractivity contribution in [2.45, 2.75) is 25.0 Å². The van der Waals surface area contributed by atoms with Crippen molar-refractivity contribution in [1.82, 2.24) is 9.88 Å². The van der Waals surface area contributed by atoms with E-state index in [1.54, 1.807) is 42.5 Å². The molecule has 2 aromatic rings. The topological polar surface area (TPSA) is 62.7 Å². The largest absolute Gasteiger partial charge is 0.495 e. The number of halogens is 1. The quantitative estimate of drug-likeness (QED) is 0.933. The number of aliphatic hydroxyl groups is 1. The lowest BCUT2D eigenvalue weighted by molar-refractivity contribution is -0.131. The number of nitrogens with zero attached hydrogens (tertiary/aromatic N) is 2. The van der Waals surface area contributed by atoms with Gasteiger partial charge in [-0.3, -0.25) is 9.78 Å². The maximum atomic E-state index is 13.1. The summed E-state index contributed by atoms with van der Waals surface area (Å²) in [5.41, 5.74) is 1.46. The van der Waals surface area contributed by atoms with Crippen LogP contribution in [0.1, 0.15) is 23.7 Å². The third kappa shape index (κ3) is 3.54. The van der Waals surface area contributed by atoms with E-state index in [1.807, 2.05) is 0 Å². The maximum Gasteiger partial charge on any atom is 0.229 e. The molecular formula is C18H19FN2O3. The van der Waals surface area contributed by atoms with Gasteiger partial charge in [-0.1, -0.05) is 12.1 Å². The summed E-state index contributed by atoms with van der Waals surface area (Å²) in [5.74, 6) is 0.197. The van der Waals surface area contributed by atoms with Crippen LogP contribution in [0.5, 0.6) is 5.75 Å². The number of amides is 1. The molecule has 1 fully saturated rings. The third-order valence-corrected chi connectivity index (χ3v) is 4.22. The van der Waals surface area contributed by atoms with E-state index in [4.69, 9.17) is 4.74 Å². The van der Waals surface area contributed by atoms with E-state index >= 15 is 0 Å². The summed E-state index contributed by atoms with van der Waals surface area (Å²) in [6, 6.07) is 9.31. The van der Waals surface area contributed by atoms with Gasteiger partial charge in [0.15, 0.2) is 0 Å². The van der Waals surface area contributed by atoms with Crippen LogP contribution in [-0.2, 0) is 11.2 Å². The Balaban J connectivity index is 1.75. The van der Waals surface area contributed by atoms with E-state index in [2.05, 4.69) is 4.98 Å². The average Bonchev–Trinajstić information content (AvgIpc) is 2.98. The van der Waals surface area contributed by atoms with Gasteiger partial charge in [-0.2, -0.15) is 0 Å². The first kappa shape index (κ1) is 16.4. The van der Waals surface area contributed by atoms with Gasteiger partial charge in [0.05, 0.1) is 31.9 Å². The molecule has 2 atom stereocenters. The molecule has 1 aliphatic rings. The standard InChI is InChI=1S/C18H19FN2O3/c1-24-16-7-6-14(20-10-16)8-18(23)21-11-15(22)9-17(21)12-2-4-13(19)5-3-12/h2-7,10,15,17,22H,8-9,11H2,1H3/t15-,17-/m0/s1. The number of benzene rings is 1. The highest BCUT2D eigenvalue weighted by Gasteiger charge is 2.35. The highest BCUT2D eigenvalue weighted by molar-refractivity contribution is 5.79. The number of ether oxygens (including phenoxy) is 1. The molecule has 126 valence electrons. The number of carbonyl (C=O) groups excluding carboxylic acids is 1. The number of β-amino-alcohol motifs (C(OH)–C–C–N with tert-alkyl or cyclic N) is 1. The second-order valence-corrected chi connectivity index (χ2v) is 5.87. The van der Waals surface area contributed by atoms with Gasteiger partial charge in [0.2, 0.25) is 5.91 Å². The molecule has 1 aromatic carbocycles. The molecule has 0 saturated carbocycles. The summed E-state index contributed by atoms with van der Waals surface area (Å²) in [6.07, 6.45) is 1.59. The van der Waals surface area contributed by atoms with E-state index in [-0.39, 0.29) is 30.7 Å². The van der Waals surface area contributed by atoms with Crippen LogP contribution in [0, 0.1) is 5.82 Å². The Morgan fingerprint density at radius 2 is 2.08 bits per heavy atom. The Bertz CT molecular complexity index is 703. The van der Waals surface area contributed by atoms with Crippen LogP contribution in [0.25, 0.3) is 0 Å². The molecule has 2 heterocycles. The lowest BCUT2D eigenvalue weighted by Crippen LogP contribution is -2.33.